The summed E-state index contributed by atoms with van der Waals surface area (Å²) in [4.78, 5) is 4.83. The van der Waals surface area contributed by atoms with Crippen molar-refractivity contribution in [3.8, 4) is 22.6 Å². The minimum atomic E-state index is 0.902. The molecule has 0 N–H and O–H groups in total. The molecule has 7 rings (SSSR count). The SMILES string of the molecule is Cc1c(-c2ccnc(-c3cc4ccccc4c4c5ccccc5n(C)c34)c2)oc2ccccc12. The first-order chi connectivity index (χ1) is 16.7. The zero-order chi connectivity index (χ0) is 22.8. The molecule has 0 saturated carbocycles. The van der Waals surface area contributed by atoms with Gasteiger partial charge in [-0.05, 0) is 48.0 Å². The summed E-state index contributed by atoms with van der Waals surface area (Å²) in [7, 11) is 2.15. The third kappa shape index (κ3) is 2.61. The lowest BCUT2D eigenvalue weighted by molar-refractivity contribution is 0.629. The van der Waals surface area contributed by atoms with Crippen molar-refractivity contribution in [3.63, 3.8) is 0 Å². The van der Waals surface area contributed by atoms with E-state index in [2.05, 4.69) is 91.3 Å². The molecule has 0 aliphatic heterocycles. The van der Waals surface area contributed by atoms with Gasteiger partial charge in [0.1, 0.15) is 11.3 Å². The Morgan fingerprint density at radius 3 is 2.35 bits per heavy atom. The molecule has 3 heteroatoms. The lowest BCUT2D eigenvalue weighted by Gasteiger charge is -2.11. The Morgan fingerprint density at radius 2 is 1.50 bits per heavy atom. The largest absolute Gasteiger partial charge is 0.456 e. The summed E-state index contributed by atoms with van der Waals surface area (Å²) < 4.78 is 8.57. The molecule has 3 aromatic heterocycles. The second-order valence-electron chi connectivity index (χ2n) is 8.93. The van der Waals surface area contributed by atoms with Crippen LogP contribution in [0.1, 0.15) is 5.56 Å². The van der Waals surface area contributed by atoms with Crippen molar-refractivity contribution in [1.29, 1.82) is 0 Å². The van der Waals surface area contributed by atoms with E-state index < -0.39 is 0 Å². The number of rotatable bonds is 2. The molecule has 7 aromatic rings. The first-order valence-corrected chi connectivity index (χ1v) is 11.5. The molecule has 0 unspecified atom stereocenters. The highest BCUT2D eigenvalue weighted by atomic mass is 16.3. The van der Waals surface area contributed by atoms with Gasteiger partial charge in [-0.2, -0.15) is 0 Å². The predicted octanol–water partition coefficient (Wildman–Crippen LogP) is 8.27. The molecule has 0 atom stereocenters. The van der Waals surface area contributed by atoms with Crippen molar-refractivity contribution in [2.75, 3.05) is 0 Å². The van der Waals surface area contributed by atoms with Crippen molar-refractivity contribution < 1.29 is 4.42 Å². The van der Waals surface area contributed by atoms with Gasteiger partial charge in [0.25, 0.3) is 0 Å². The third-order valence-electron chi connectivity index (χ3n) is 7.03. The molecule has 34 heavy (non-hydrogen) atoms. The summed E-state index contributed by atoms with van der Waals surface area (Å²) in [6.45, 7) is 2.12. The van der Waals surface area contributed by atoms with Crippen LogP contribution in [0.5, 0.6) is 0 Å². The van der Waals surface area contributed by atoms with Crippen LogP contribution in [-0.2, 0) is 7.05 Å². The Labute approximate surface area is 196 Å². The second kappa shape index (κ2) is 7.06. The molecule has 0 aliphatic rings. The summed E-state index contributed by atoms with van der Waals surface area (Å²) in [6.07, 6.45) is 1.89. The average molecular weight is 439 g/mol. The van der Waals surface area contributed by atoms with Gasteiger partial charge in [0, 0.05) is 51.6 Å². The fourth-order valence-corrected chi connectivity index (χ4v) is 5.42. The molecule has 0 spiro atoms. The maximum Gasteiger partial charge on any atom is 0.138 e. The van der Waals surface area contributed by atoms with E-state index in [1.54, 1.807) is 0 Å². The van der Waals surface area contributed by atoms with E-state index in [1.807, 2.05) is 24.4 Å². The number of hydrogen-bond acceptors (Lipinski definition) is 2. The topological polar surface area (TPSA) is 31.0 Å². The Kier molecular flexibility index (Phi) is 3.97. The van der Waals surface area contributed by atoms with Crippen LogP contribution in [-0.4, -0.2) is 9.55 Å². The highest BCUT2D eigenvalue weighted by molar-refractivity contribution is 6.24. The van der Waals surface area contributed by atoms with Crippen LogP contribution in [0.2, 0.25) is 0 Å². The molecule has 0 aliphatic carbocycles. The number of fused-ring (bicyclic) bond motifs is 6. The second-order valence-corrected chi connectivity index (χ2v) is 8.93. The summed E-state index contributed by atoms with van der Waals surface area (Å²) >= 11 is 0. The molecule has 3 heterocycles. The van der Waals surface area contributed by atoms with Gasteiger partial charge in [-0.1, -0.05) is 60.7 Å². The van der Waals surface area contributed by atoms with Gasteiger partial charge in [-0.25, -0.2) is 0 Å². The van der Waals surface area contributed by atoms with E-state index >= 15 is 0 Å². The van der Waals surface area contributed by atoms with Gasteiger partial charge >= 0.3 is 0 Å². The van der Waals surface area contributed by atoms with Crippen LogP contribution < -0.4 is 0 Å². The summed E-state index contributed by atoms with van der Waals surface area (Å²) in [5.41, 5.74) is 7.60. The average Bonchev–Trinajstić information content (AvgIpc) is 3.39. The van der Waals surface area contributed by atoms with Crippen molar-refractivity contribution >= 4 is 43.5 Å². The van der Waals surface area contributed by atoms with Crippen LogP contribution in [0.25, 0.3) is 66.1 Å². The van der Waals surface area contributed by atoms with Crippen LogP contribution in [0.15, 0.2) is 102 Å². The van der Waals surface area contributed by atoms with E-state index in [9.17, 15) is 0 Å². The molecule has 162 valence electrons. The Balaban J connectivity index is 1.55. The number of aromatic nitrogens is 2. The number of pyridine rings is 1. The van der Waals surface area contributed by atoms with Gasteiger partial charge in [0.15, 0.2) is 0 Å². The number of furan rings is 1. The van der Waals surface area contributed by atoms with E-state index in [4.69, 9.17) is 9.40 Å². The molecular weight excluding hydrogens is 416 g/mol. The van der Waals surface area contributed by atoms with Crippen LogP contribution >= 0.6 is 0 Å². The monoisotopic (exact) mass is 438 g/mol. The first-order valence-electron chi connectivity index (χ1n) is 11.5. The predicted molar refractivity (Wildman–Crippen MR) is 141 cm³/mol. The lowest BCUT2D eigenvalue weighted by atomic mass is 9.97. The first kappa shape index (κ1) is 19.1. The quantitative estimate of drug-likeness (QED) is 0.272. The number of nitrogens with zero attached hydrogens (tertiary/aromatic N) is 2. The van der Waals surface area contributed by atoms with Gasteiger partial charge < -0.3 is 8.98 Å². The highest BCUT2D eigenvalue weighted by Gasteiger charge is 2.18. The molecular formula is C31H22N2O. The van der Waals surface area contributed by atoms with Gasteiger partial charge in [0.05, 0.1) is 11.2 Å². The third-order valence-corrected chi connectivity index (χ3v) is 7.03. The number of hydrogen-bond donors (Lipinski definition) is 0. The van der Waals surface area contributed by atoms with E-state index in [0.717, 1.165) is 39.1 Å². The van der Waals surface area contributed by atoms with Crippen LogP contribution in [0, 0.1) is 6.92 Å². The number of para-hydroxylation sites is 2. The standard InChI is InChI=1S/C31H22N2O/c1-19-22-10-6-8-14-28(22)34-31(19)21-15-16-32-26(18-21)25-17-20-9-3-4-11-23(20)29-24-12-5-7-13-27(24)33(2)30(25)29/h3-18H,1-2H3. The molecule has 0 bridgehead atoms. The maximum absolute atomic E-state index is 6.27. The number of benzene rings is 4. The van der Waals surface area contributed by atoms with Crippen molar-refractivity contribution in [2.45, 2.75) is 6.92 Å². The lowest BCUT2D eigenvalue weighted by Crippen LogP contribution is -1.93. The van der Waals surface area contributed by atoms with Crippen LogP contribution in [0.3, 0.4) is 0 Å². The van der Waals surface area contributed by atoms with Gasteiger partial charge in [-0.15, -0.1) is 0 Å². The Bertz CT molecular complexity index is 1890. The smallest absolute Gasteiger partial charge is 0.138 e. The minimum absolute atomic E-state index is 0.902. The fourth-order valence-electron chi connectivity index (χ4n) is 5.42. The van der Waals surface area contributed by atoms with Crippen molar-refractivity contribution in [1.82, 2.24) is 9.55 Å². The molecule has 0 amide bonds. The van der Waals surface area contributed by atoms with Crippen LogP contribution in [0.4, 0.5) is 0 Å². The minimum Gasteiger partial charge on any atom is -0.456 e. The molecule has 3 nitrogen and oxygen atoms in total. The molecule has 0 radical (unpaired) electrons. The van der Waals surface area contributed by atoms with E-state index in [0.29, 0.717) is 0 Å². The zero-order valence-electron chi connectivity index (χ0n) is 19.0. The Hall–Kier alpha value is -4.37. The fraction of sp³-hybridized carbons (Fsp3) is 0.0645. The van der Waals surface area contributed by atoms with Gasteiger partial charge in [0.2, 0.25) is 0 Å². The zero-order valence-corrected chi connectivity index (χ0v) is 19.0. The summed E-state index contributed by atoms with van der Waals surface area (Å²) in [6, 6.07) is 31.9. The molecule has 0 fully saturated rings. The van der Waals surface area contributed by atoms with E-state index in [-0.39, 0.29) is 0 Å². The maximum atomic E-state index is 6.27. The van der Waals surface area contributed by atoms with Crippen molar-refractivity contribution in [2.24, 2.45) is 7.05 Å². The van der Waals surface area contributed by atoms with Gasteiger partial charge in [-0.3, -0.25) is 4.98 Å². The number of aryl methyl sites for hydroxylation is 2. The summed E-state index contributed by atoms with van der Waals surface area (Å²) in [5, 5.41) is 6.18. The van der Waals surface area contributed by atoms with Crippen molar-refractivity contribution in [3.05, 3.63) is 103 Å². The molecule has 0 saturated heterocycles. The summed E-state index contributed by atoms with van der Waals surface area (Å²) in [5.74, 6) is 0.902. The normalized spacial score (nSPS) is 11.8. The van der Waals surface area contributed by atoms with E-state index in [1.165, 1.54) is 32.6 Å². The molecule has 4 aromatic carbocycles. The Morgan fingerprint density at radius 1 is 0.765 bits per heavy atom. The highest BCUT2D eigenvalue weighted by Crippen LogP contribution is 2.41.